The van der Waals surface area contributed by atoms with Crippen molar-refractivity contribution in [3.05, 3.63) is 93.2 Å². The summed E-state index contributed by atoms with van der Waals surface area (Å²) in [5.41, 5.74) is 4.60. The van der Waals surface area contributed by atoms with E-state index >= 15 is 0 Å². The van der Waals surface area contributed by atoms with Gasteiger partial charge in [-0.15, -0.1) is 0 Å². The quantitative estimate of drug-likeness (QED) is 0.218. The lowest BCUT2D eigenvalue weighted by molar-refractivity contribution is -0.116. The number of pyridine rings is 1. The van der Waals surface area contributed by atoms with E-state index in [1.807, 2.05) is 36.4 Å². The number of anilines is 1. The Bertz CT molecular complexity index is 1580. The predicted octanol–water partition coefficient (Wildman–Crippen LogP) is 8.44. The van der Waals surface area contributed by atoms with E-state index in [0.29, 0.717) is 33.6 Å². The van der Waals surface area contributed by atoms with Crippen molar-refractivity contribution in [1.82, 2.24) is 9.97 Å². The van der Waals surface area contributed by atoms with Crippen LogP contribution in [-0.2, 0) is 11.2 Å². The smallest absolute Gasteiger partial charge is 0.224 e. The van der Waals surface area contributed by atoms with Gasteiger partial charge >= 0.3 is 0 Å². The summed E-state index contributed by atoms with van der Waals surface area (Å²) in [6, 6.07) is 19.5. The second-order valence-electron chi connectivity index (χ2n) is 8.21. The molecule has 35 heavy (non-hydrogen) atoms. The molecule has 0 saturated heterocycles. The van der Waals surface area contributed by atoms with Crippen molar-refractivity contribution in [2.45, 2.75) is 19.3 Å². The summed E-state index contributed by atoms with van der Waals surface area (Å²) in [6.45, 7) is 0. The highest BCUT2D eigenvalue weighted by atomic mass is 35.5. The monoisotopic (exact) mass is 525 g/mol. The molecule has 0 unspecified atom stereocenters. The van der Waals surface area contributed by atoms with Crippen LogP contribution in [0.15, 0.2) is 66.7 Å². The van der Waals surface area contributed by atoms with Crippen LogP contribution in [0.4, 0.5) is 10.1 Å². The number of aromatic amines is 1. The third-order valence-corrected chi connectivity index (χ3v) is 6.87. The fraction of sp³-hybridized carbons (Fsp3) is 0.111. The first-order chi connectivity index (χ1) is 16.9. The van der Waals surface area contributed by atoms with Crippen LogP contribution in [0.25, 0.3) is 33.2 Å². The lowest BCUT2D eigenvalue weighted by Gasteiger charge is -2.09. The molecule has 0 aliphatic carbocycles. The molecular weight excluding hydrogens is 508 g/mol. The molecule has 2 heterocycles. The van der Waals surface area contributed by atoms with Crippen molar-refractivity contribution >= 4 is 68.2 Å². The first kappa shape index (κ1) is 23.6. The van der Waals surface area contributed by atoms with Gasteiger partial charge in [-0.1, -0.05) is 59.1 Å². The van der Waals surface area contributed by atoms with Gasteiger partial charge in [-0.3, -0.25) is 4.79 Å². The molecule has 0 bridgehead atoms. The number of hydrogen-bond acceptors (Lipinski definition) is 2. The Morgan fingerprint density at radius 1 is 0.943 bits per heavy atom. The van der Waals surface area contributed by atoms with Crippen molar-refractivity contribution < 1.29 is 9.18 Å². The molecular formula is C27H19Cl3FN3O. The average Bonchev–Trinajstić information content (AvgIpc) is 3.20. The van der Waals surface area contributed by atoms with Crippen LogP contribution < -0.4 is 5.32 Å². The highest BCUT2D eigenvalue weighted by Gasteiger charge is 2.16. The third kappa shape index (κ3) is 4.98. The number of H-pyrrole nitrogens is 1. The fourth-order valence-electron chi connectivity index (χ4n) is 4.16. The summed E-state index contributed by atoms with van der Waals surface area (Å²) in [5, 5.41) is 5.53. The molecule has 0 fully saturated rings. The molecule has 5 aromatic rings. The van der Waals surface area contributed by atoms with E-state index in [9.17, 15) is 9.18 Å². The maximum absolute atomic E-state index is 14.1. The molecule has 176 valence electrons. The zero-order chi connectivity index (χ0) is 24.5. The number of carbonyl (C=O) groups is 1. The lowest BCUT2D eigenvalue weighted by atomic mass is 10.0. The van der Waals surface area contributed by atoms with E-state index in [1.54, 1.807) is 6.07 Å². The lowest BCUT2D eigenvalue weighted by Crippen LogP contribution is -2.12. The standard InChI is InChI=1S/C27H19Cl3FN3O/c28-19-13-21(30)25(14-20(19)29)33-26(35)7-3-5-17-18-12-16(31)9-11-23(18)34-27(17)24-10-8-15-4-1-2-6-22(15)32-24/h1-2,4,6,8-14,34H,3,5,7H2,(H,33,35). The minimum Gasteiger partial charge on any atom is -0.353 e. The normalized spacial score (nSPS) is 11.3. The molecule has 2 aromatic heterocycles. The van der Waals surface area contributed by atoms with Gasteiger partial charge in [0, 0.05) is 22.7 Å². The summed E-state index contributed by atoms with van der Waals surface area (Å²) in [4.78, 5) is 20.8. The number of aryl methyl sites for hydroxylation is 1. The van der Waals surface area contributed by atoms with E-state index in [2.05, 4.69) is 10.3 Å². The SMILES string of the molecule is O=C(CCCc1c(-c2ccc3ccccc3n2)[nH]c2ccc(F)cc12)Nc1cc(Cl)c(Cl)cc1Cl. The van der Waals surface area contributed by atoms with Gasteiger partial charge in [0.05, 0.1) is 37.7 Å². The number of nitrogens with zero attached hydrogens (tertiary/aromatic N) is 1. The molecule has 1 amide bonds. The van der Waals surface area contributed by atoms with Gasteiger partial charge in [0.1, 0.15) is 5.82 Å². The van der Waals surface area contributed by atoms with Gasteiger partial charge in [-0.05, 0) is 60.9 Å². The molecule has 8 heteroatoms. The third-order valence-electron chi connectivity index (χ3n) is 5.84. The topological polar surface area (TPSA) is 57.8 Å². The van der Waals surface area contributed by atoms with Crippen LogP contribution >= 0.6 is 34.8 Å². The van der Waals surface area contributed by atoms with Crippen molar-refractivity contribution in [1.29, 1.82) is 0 Å². The van der Waals surface area contributed by atoms with Crippen molar-refractivity contribution in [2.24, 2.45) is 0 Å². The molecule has 0 atom stereocenters. The summed E-state index contributed by atoms with van der Waals surface area (Å²) in [5.74, 6) is -0.524. The maximum atomic E-state index is 14.1. The zero-order valence-corrected chi connectivity index (χ0v) is 20.6. The second kappa shape index (κ2) is 9.86. The molecule has 3 aromatic carbocycles. The molecule has 0 spiro atoms. The Labute approximate surface area is 216 Å². The number of carbonyl (C=O) groups excluding carboxylic acids is 1. The Morgan fingerprint density at radius 2 is 1.74 bits per heavy atom. The molecule has 0 aliphatic rings. The number of amides is 1. The van der Waals surface area contributed by atoms with Gasteiger partial charge in [0.25, 0.3) is 0 Å². The van der Waals surface area contributed by atoms with Crippen LogP contribution in [0, 0.1) is 5.82 Å². The Morgan fingerprint density at radius 3 is 2.60 bits per heavy atom. The van der Waals surface area contributed by atoms with E-state index < -0.39 is 0 Å². The Balaban J connectivity index is 1.40. The van der Waals surface area contributed by atoms with E-state index in [0.717, 1.165) is 38.8 Å². The van der Waals surface area contributed by atoms with Crippen molar-refractivity contribution in [2.75, 3.05) is 5.32 Å². The largest absolute Gasteiger partial charge is 0.353 e. The van der Waals surface area contributed by atoms with Crippen LogP contribution in [0.1, 0.15) is 18.4 Å². The molecule has 2 N–H and O–H groups in total. The minimum absolute atomic E-state index is 0.207. The molecule has 0 radical (unpaired) electrons. The summed E-state index contributed by atoms with van der Waals surface area (Å²) >= 11 is 18.2. The zero-order valence-electron chi connectivity index (χ0n) is 18.3. The van der Waals surface area contributed by atoms with Crippen molar-refractivity contribution in [3.63, 3.8) is 0 Å². The number of halogens is 4. The Kier molecular flexibility index (Phi) is 6.65. The second-order valence-corrected chi connectivity index (χ2v) is 9.43. The maximum Gasteiger partial charge on any atom is 0.224 e. The van der Waals surface area contributed by atoms with E-state index in [-0.39, 0.29) is 18.1 Å². The summed E-state index contributed by atoms with van der Waals surface area (Å²) in [7, 11) is 0. The van der Waals surface area contributed by atoms with Crippen LogP contribution in [-0.4, -0.2) is 15.9 Å². The number of fused-ring (bicyclic) bond motifs is 2. The first-order valence-corrected chi connectivity index (χ1v) is 12.1. The number of benzene rings is 3. The molecule has 0 saturated carbocycles. The van der Waals surface area contributed by atoms with Crippen LogP contribution in [0.5, 0.6) is 0 Å². The minimum atomic E-state index is -0.317. The highest BCUT2D eigenvalue weighted by molar-refractivity contribution is 6.44. The van der Waals surface area contributed by atoms with Gasteiger partial charge in [0.2, 0.25) is 5.91 Å². The number of nitrogens with one attached hydrogen (secondary N) is 2. The van der Waals surface area contributed by atoms with Gasteiger partial charge in [0.15, 0.2) is 0 Å². The van der Waals surface area contributed by atoms with E-state index in [4.69, 9.17) is 39.8 Å². The van der Waals surface area contributed by atoms with E-state index in [1.165, 1.54) is 24.3 Å². The number of hydrogen-bond donors (Lipinski definition) is 2. The molecule has 5 rings (SSSR count). The summed E-state index contributed by atoms with van der Waals surface area (Å²) in [6.07, 6.45) is 1.33. The molecule has 0 aliphatic heterocycles. The Hall–Kier alpha value is -3.12. The fourth-order valence-corrected chi connectivity index (χ4v) is 4.75. The average molecular weight is 527 g/mol. The van der Waals surface area contributed by atoms with Crippen LogP contribution in [0.3, 0.4) is 0 Å². The van der Waals surface area contributed by atoms with Crippen molar-refractivity contribution in [3.8, 4) is 11.4 Å². The number of rotatable bonds is 6. The number of aromatic nitrogens is 2. The first-order valence-electron chi connectivity index (χ1n) is 11.0. The number of para-hydroxylation sites is 1. The molecule has 4 nitrogen and oxygen atoms in total. The van der Waals surface area contributed by atoms with Crippen LogP contribution in [0.2, 0.25) is 15.1 Å². The van der Waals surface area contributed by atoms with Gasteiger partial charge < -0.3 is 10.3 Å². The van der Waals surface area contributed by atoms with Gasteiger partial charge in [-0.2, -0.15) is 0 Å². The van der Waals surface area contributed by atoms with Gasteiger partial charge in [-0.25, -0.2) is 9.37 Å². The predicted molar refractivity (Wildman–Crippen MR) is 142 cm³/mol. The highest BCUT2D eigenvalue weighted by Crippen LogP contribution is 2.34. The summed E-state index contributed by atoms with van der Waals surface area (Å²) < 4.78 is 14.1.